The molecule has 0 aliphatic carbocycles. The Morgan fingerprint density at radius 1 is 1.30 bits per heavy atom. The number of aromatic nitrogens is 2. The van der Waals surface area contributed by atoms with Crippen LogP contribution in [0.4, 0.5) is 20.4 Å². The van der Waals surface area contributed by atoms with Crippen molar-refractivity contribution in [2.45, 2.75) is 6.42 Å². The standard InChI is InChI=1S/C15H16F2N4O2/c1-23-8-2-6-18-14(22)13-5-7-19-15(21-13)20-12-4-3-10(16)9-11(12)17/h3-5,7,9H,2,6,8H2,1H3,(H,18,22)(H,19,20,21). The van der Waals surface area contributed by atoms with Gasteiger partial charge in [0.1, 0.15) is 17.3 Å². The second-order valence-corrected chi connectivity index (χ2v) is 4.62. The van der Waals surface area contributed by atoms with E-state index < -0.39 is 11.6 Å². The van der Waals surface area contributed by atoms with Gasteiger partial charge in [0.25, 0.3) is 5.91 Å². The van der Waals surface area contributed by atoms with Crippen molar-refractivity contribution >= 4 is 17.5 Å². The molecule has 0 saturated heterocycles. The molecule has 1 aromatic heterocycles. The number of halogens is 2. The molecule has 0 aliphatic heterocycles. The minimum absolute atomic E-state index is 0.0176. The summed E-state index contributed by atoms with van der Waals surface area (Å²) in [6.07, 6.45) is 2.06. The summed E-state index contributed by atoms with van der Waals surface area (Å²) in [5.74, 6) is -1.78. The summed E-state index contributed by atoms with van der Waals surface area (Å²) < 4.78 is 31.3. The Hall–Kier alpha value is -2.61. The van der Waals surface area contributed by atoms with Gasteiger partial charge in [-0.15, -0.1) is 0 Å². The SMILES string of the molecule is COCCCNC(=O)c1ccnc(Nc2ccc(F)cc2F)n1. The first-order chi connectivity index (χ1) is 11.1. The first-order valence-electron chi connectivity index (χ1n) is 6.92. The van der Waals surface area contributed by atoms with E-state index in [1.165, 1.54) is 18.3 Å². The maximum Gasteiger partial charge on any atom is 0.270 e. The van der Waals surface area contributed by atoms with Crippen LogP contribution in [-0.2, 0) is 4.74 Å². The lowest BCUT2D eigenvalue weighted by atomic mass is 10.3. The summed E-state index contributed by atoms with van der Waals surface area (Å²) in [6.45, 7) is 0.993. The van der Waals surface area contributed by atoms with Crippen LogP contribution in [0.5, 0.6) is 0 Å². The van der Waals surface area contributed by atoms with Gasteiger partial charge in [0, 0.05) is 32.5 Å². The Morgan fingerprint density at radius 2 is 2.13 bits per heavy atom. The summed E-state index contributed by atoms with van der Waals surface area (Å²) in [5.41, 5.74) is 0.159. The molecule has 0 fully saturated rings. The highest BCUT2D eigenvalue weighted by molar-refractivity contribution is 5.92. The van der Waals surface area contributed by atoms with Gasteiger partial charge in [-0.25, -0.2) is 18.7 Å². The largest absolute Gasteiger partial charge is 0.385 e. The van der Waals surface area contributed by atoms with Gasteiger partial charge in [0.2, 0.25) is 5.95 Å². The summed E-state index contributed by atoms with van der Waals surface area (Å²) in [5, 5.41) is 5.29. The topological polar surface area (TPSA) is 76.1 Å². The molecule has 0 aliphatic rings. The average Bonchev–Trinajstić information content (AvgIpc) is 2.54. The van der Waals surface area contributed by atoms with E-state index >= 15 is 0 Å². The predicted octanol–water partition coefficient (Wildman–Crippen LogP) is 2.26. The summed E-state index contributed by atoms with van der Waals surface area (Å²) in [7, 11) is 1.58. The molecule has 6 nitrogen and oxygen atoms in total. The Morgan fingerprint density at radius 3 is 2.87 bits per heavy atom. The highest BCUT2D eigenvalue weighted by Crippen LogP contribution is 2.18. The molecule has 0 unspecified atom stereocenters. The number of carbonyl (C=O) groups excluding carboxylic acids is 1. The molecule has 122 valence electrons. The smallest absolute Gasteiger partial charge is 0.270 e. The van der Waals surface area contributed by atoms with E-state index in [2.05, 4.69) is 20.6 Å². The van der Waals surface area contributed by atoms with Crippen LogP contribution >= 0.6 is 0 Å². The summed E-state index contributed by atoms with van der Waals surface area (Å²) in [4.78, 5) is 19.8. The Bertz CT molecular complexity index is 682. The number of rotatable bonds is 7. The van der Waals surface area contributed by atoms with E-state index in [1.807, 2.05) is 0 Å². The van der Waals surface area contributed by atoms with Crippen molar-refractivity contribution in [3.05, 3.63) is 47.8 Å². The number of nitrogens with zero attached hydrogens (tertiary/aromatic N) is 2. The van der Waals surface area contributed by atoms with Gasteiger partial charge in [0.05, 0.1) is 5.69 Å². The first-order valence-corrected chi connectivity index (χ1v) is 6.92. The Labute approximate surface area is 131 Å². The van der Waals surface area contributed by atoms with Crippen LogP contribution in [0.3, 0.4) is 0 Å². The van der Waals surface area contributed by atoms with Gasteiger partial charge >= 0.3 is 0 Å². The zero-order valence-electron chi connectivity index (χ0n) is 12.5. The quantitative estimate of drug-likeness (QED) is 0.765. The van der Waals surface area contributed by atoms with Gasteiger partial charge in [-0.1, -0.05) is 0 Å². The number of hydrogen-bond donors (Lipinski definition) is 2. The third-order valence-corrected chi connectivity index (χ3v) is 2.88. The van der Waals surface area contributed by atoms with E-state index in [1.54, 1.807) is 7.11 Å². The van der Waals surface area contributed by atoms with Crippen LogP contribution in [0.2, 0.25) is 0 Å². The van der Waals surface area contributed by atoms with Crippen LogP contribution in [0.1, 0.15) is 16.9 Å². The first kappa shape index (κ1) is 16.8. The second kappa shape index (κ2) is 8.14. The molecule has 2 N–H and O–H groups in total. The highest BCUT2D eigenvalue weighted by Gasteiger charge is 2.10. The monoisotopic (exact) mass is 322 g/mol. The normalized spacial score (nSPS) is 10.4. The predicted molar refractivity (Wildman–Crippen MR) is 80.5 cm³/mol. The van der Waals surface area contributed by atoms with Gasteiger partial charge in [-0.2, -0.15) is 0 Å². The maximum atomic E-state index is 13.6. The molecule has 0 saturated carbocycles. The highest BCUT2D eigenvalue weighted by atomic mass is 19.1. The zero-order chi connectivity index (χ0) is 16.7. The molecule has 0 atom stereocenters. The fraction of sp³-hybridized carbons (Fsp3) is 0.267. The second-order valence-electron chi connectivity index (χ2n) is 4.62. The Balaban J connectivity index is 2.03. The minimum atomic E-state index is -0.775. The van der Waals surface area contributed by atoms with Crippen molar-refractivity contribution in [1.29, 1.82) is 0 Å². The number of nitrogens with one attached hydrogen (secondary N) is 2. The third-order valence-electron chi connectivity index (χ3n) is 2.88. The number of methoxy groups -OCH3 is 1. The summed E-state index contributed by atoms with van der Waals surface area (Å²) in [6, 6.07) is 4.52. The van der Waals surface area contributed by atoms with Gasteiger partial charge in [-0.3, -0.25) is 4.79 Å². The number of hydrogen-bond acceptors (Lipinski definition) is 5. The molecule has 2 rings (SSSR count). The molecular formula is C15H16F2N4O2. The minimum Gasteiger partial charge on any atom is -0.385 e. The van der Waals surface area contributed by atoms with Crippen LogP contribution in [0.25, 0.3) is 0 Å². The number of carbonyl (C=O) groups is 1. The molecule has 0 radical (unpaired) electrons. The van der Waals surface area contributed by atoms with E-state index in [9.17, 15) is 13.6 Å². The van der Waals surface area contributed by atoms with Crippen molar-refractivity contribution < 1.29 is 18.3 Å². The van der Waals surface area contributed by atoms with Gasteiger partial charge in [0.15, 0.2) is 0 Å². The van der Waals surface area contributed by atoms with Crippen molar-refractivity contribution in [2.24, 2.45) is 0 Å². The van der Waals surface area contributed by atoms with Gasteiger partial charge < -0.3 is 15.4 Å². The fourth-order valence-corrected chi connectivity index (χ4v) is 1.77. The molecule has 8 heteroatoms. The van der Waals surface area contributed by atoms with Crippen molar-refractivity contribution in [2.75, 3.05) is 25.6 Å². The van der Waals surface area contributed by atoms with Crippen molar-refractivity contribution in [1.82, 2.24) is 15.3 Å². The number of anilines is 2. The molecule has 1 heterocycles. The lowest BCUT2D eigenvalue weighted by molar-refractivity contribution is 0.0943. The van der Waals surface area contributed by atoms with Gasteiger partial charge in [-0.05, 0) is 24.6 Å². The number of ether oxygens (including phenoxy) is 1. The third kappa shape index (κ3) is 4.96. The molecule has 0 bridgehead atoms. The molecule has 1 amide bonds. The molecule has 23 heavy (non-hydrogen) atoms. The van der Waals surface area contributed by atoms with Crippen LogP contribution < -0.4 is 10.6 Å². The number of amides is 1. The van der Waals surface area contributed by atoms with Crippen LogP contribution in [-0.4, -0.2) is 36.1 Å². The molecule has 0 spiro atoms. The van der Waals surface area contributed by atoms with E-state index in [4.69, 9.17) is 4.74 Å². The van der Waals surface area contributed by atoms with Crippen LogP contribution in [0, 0.1) is 11.6 Å². The van der Waals surface area contributed by atoms with E-state index in [-0.39, 0.29) is 23.2 Å². The van der Waals surface area contributed by atoms with E-state index in [0.717, 1.165) is 12.1 Å². The molecule has 2 aromatic rings. The van der Waals surface area contributed by atoms with Crippen LogP contribution in [0.15, 0.2) is 30.5 Å². The zero-order valence-corrected chi connectivity index (χ0v) is 12.5. The molecular weight excluding hydrogens is 306 g/mol. The summed E-state index contributed by atoms with van der Waals surface area (Å²) >= 11 is 0. The lowest BCUT2D eigenvalue weighted by Crippen LogP contribution is -2.26. The van der Waals surface area contributed by atoms with Crippen molar-refractivity contribution in [3.63, 3.8) is 0 Å². The van der Waals surface area contributed by atoms with E-state index in [0.29, 0.717) is 19.6 Å². The average molecular weight is 322 g/mol. The fourth-order valence-electron chi connectivity index (χ4n) is 1.77. The van der Waals surface area contributed by atoms with Crippen molar-refractivity contribution in [3.8, 4) is 0 Å². The maximum absolute atomic E-state index is 13.6. The Kier molecular flexibility index (Phi) is 5.93. The molecule has 1 aromatic carbocycles. The number of benzene rings is 1. The lowest BCUT2D eigenvalue weighted by Gasteiger charge is -2.08.